The van der Waals surface area contributed by atoms with Crippen molar-refractivity contribution in [1.29, 1.82) is 0 Å². The summed E-state index contributed by atoms with van der Waals surface area (Å²) in [5, 5.41) is 0.538. The van der Waals surface area contributed by atoms with Crippen LogP contribution in [0.1, 0.15) is 15.9 Å². The van der Waals surface area contributed by atoms with Crippen molar-refractivity contribution in [3.63, 3.8) is 0 Å². The lowest BCUT2D eigenvalue weighted by atomic mass is 10.0. The Morgan fingerprint density at radius 3 is 2.63 bits per heavy atom. The van der Waals surface area contributed by atoms with Gasteiger partial charge in [0.1, 0.15) is 5.82 Å². The van der Waals surface area contributed by atoms with Crippen molar-refractivity contribution in [2.45, 2.75) is 6.54 Å². The molecule has 6 rings (SSSR count). The molecule has 2 aliphatic rings. The molecule has 2 aromatic heterocycles. The van der Waals surface area contributed by atoms with Gasteiger partial charge in [0.25, 0.3) is 5.91 Å². The van der Waals surface area contributed by atoms with Crippen molar-refractivity contribution in [2.75, 3.05) is 33.0 Å². The normalized spacial score (nSPS) is 15.7. The van der Waals surface area contributed by atoms with Crippen LogP contribution >= 0.6 is 0 Å². The molecule has 4 aromatic rings. The molecule has 2 aliphatic heterocycles. The number of halogens is 1. The van der Waals surface area contributed by atoms with Crippen LogP contribution in [0.5, 0.6) is 11.5 Å². The van der Waals surface area contributed by atoms with Gasteiger partial charge in [-0.2, -0.15) is 0 Å². The summed E-state index contributed by atoms with van der Waals surface area (Å²) in [6.07, 6.45) is 1.94. The van der Waals surface area contributed by atoms with Gasteiger partial charge >= 0.3 is 0 Å². The molecule has 0 unspecified atom stereocenters. The minimum Gasteiger partial charge on any atom is -0.454 e. The molecular weight excluding hydrogens is 447 g/mol. The molecule has 0 spiro atoms. The van der Waals surface area contributed by atoms with E-state index >= 15 is 0 Å². The number of nitrogens with zero attached hydrogens (tertiary/aromatic N) is 4. The highest BCUT2D eigenvalue weighted by Gasteiger charge is 2.25. The molecule has 35 heavy (non-hydrogen) atoms. The van der Waals surface area contributed by atoms with E-state index in [0.29, 0.717) is 35.2 Å². The Kier molecular flexibility index (Phi) is 5.37. The van der Waals surface area contributed by atoms with Gasteiger partial charge in [0.05, 0.1) is 22.5 Å². The average molecular weight is 473 g/mol. The van der Waals surface area contributed by atoms with Crippen LogP contribution in [-0.2, 0) is 13.6 Å². The number of fused-ring (bicyclic) bond motifs is 2. The molecular formula is C27H25FN4O3. The van der Waals surface area contributed by atoms with E-state index in [2.05, 4.69) is 4.90 Å². The second kappa shape index (κ2) is 8.70. The number of benzene rings is 2. The fourth-order valence-corrected chi connectivity index (χ4v) is 4.81. The van der Waals surface area contributed by atoms with E-state index in [4.69, 9.17) is 14.5 Å². The second-order valence-corrected chi connectivity index (χ2v) is 8.98. The number of carbonyl (C=O) groups is 1. The zero-order valence-corrected chi connectivity index (χ0v) is 19.4. The molecule has 4 heterocycles. The maximum absolute atomic E-state index is 14.1. The van der Waals surface area contributed by atoms with Gasteiger partial charge in [0, 0.05) is 51.4 Å². The Balaban J connectivity index is 1.22. The number of ether oxygens (including phenoxy) is 2. The van der Waals surface area contributed by atoms with Crippen LogP contribution in [0.15, 0.2) is 60.8 Å². The summed E-state index contributed by atoms with van der Waals surface area (Å²) in [5.41, 5.74) is 3.84. The Morgan fingerprint density at radius 2 is 1.83 bits per heavy atom. The van der Waals surface area contributed by atoms with Gasteiger partial charge in [-0.1, -0.05) is 6.07 Å². The molecule has 2 aromatic carbocycles. The first kappa shape index (κ1) is 21.6. The summed E-state index contributed by atoms with van der Waals surface area (Å²) in [4.78, 5) is 22.5. The van der Waals surface area contributed by atoms with Gasteiger partial charge < -0.3 is 18.9 Å². The fourth-order valence-electron chi connectivity index (χ4n) is 4.81. The summed E-state index contributed by atoms with van der Waals surface area (Å²) < 4.78 is 27.0. The number of hydrogen-bond donors (Lipinski definition) is 0. The van der Waals surface area contributed by atoms with Crippen LogP contribution in [0.25, 0.3) is 22.3 Å². The van der Waals surface area contributed by atoms with Crippen molar-refractivity contribution in [3.05, 3.63) is 77.7 Å². The first-order chi connectivity index (χ1) is 17.0. The summed E-state index contributed by atoms with van der Waals surface area (Å²) in [6, 6.07) is 16.1. The van der Waals surface area contributed by atoms with E-state index in [0.717, 1.165) is 42.4 Å². The molecule has 0 saturated carbocycles. The summed E-state index contributed by atoms with van der Waals surface area (Å²) in [7, 11) is 1.94. The highest BCUT2D eigenvalue weighted by atomic mass is 19.1. The van der Waals surface area contributed by atoms with Crippen LogP contribution in [0.2, 0.25) is 0 Å². The van der Waals surface area contributed by atoms with E-state index in [9.17, 15) is 9.18 Å². The van der Waals surface area contributed by atoms with E-state index < -0.39 is 0 Å². The largest absolute Gasteiger partial charge is 0.454 e. The van der Waals surface area contributed by atoms with Crippen molar-refractivity contribution in [2.24, 2.45) is 7.05 Å². The third-order valence-corrected chi connectivity index (χ3v) is 6.71. The monoisotopic (exact) mass is 472 g/mol. The molecule has 1 fully saturated rings. The number of carbonyl (C=O) groups excluding carboxylic acids is 1. The SMILES string of the molecule is Cn1cccc1-c1cc(C(=O)N2CCN(Cc3ccc4c(c3)OCO4)CC2)c2cc(F)ccc2n1. The first-order valence-electron chi connectivity index (χ1n) is 11.7. The highest BCUT2D eigenvalue weighted by molar-refractivity contribution is 6.07. The average Bonchev–Trinajstić information content (AvgIpc) is 3.52. The van der Waals surface area contributed by atoms with Crippen LogP contribution in [0.3, 0.4) is 0 Å². The number of rotatable bonds is 4. The molecule has 0 N–H and O–H groups in total. The quantitative estimate of drug-likeness (QED) is 0.448. The lowest BCUT2D eigenvalue weighted by Crippen LogP contribution is -2.48. The molecule has 178 valence electrons. The molecule has 0 radical (unpaired) electrons. The summed E-state index contributed by atoms with van der Waals surface area (Å²) in [5.74, 6) is 1.08. The number of piperazine rings is 1. The number of aromatic nitrogens is 2. The van der Waals surface area contributed by atoms with Gasteiger partial charge in [-0.15, -0.1) is 0 Å². The zero-order chi connectivity index (χ0) is 23.9. The van der Waals surface area contributed by atoms with Crippen molar-refractivity contribution < 1.29 is 18.7 Å². The Morgan fingerprint density at radius 1 is 1.00 bits per heavy atom. The van der Waals surface area contributed by atoms with E-state index in [1.165, 1.54) is 12.1 Å². The van der Waals surface area contributed by atoms with Crippen LogP contribution < -0.4 is 9.47 Å². The Hall–Kier alpha value is -3.91. The molecule has 7 nitrogen and oxygen atoms in total. The number of hydrogen-bond acceptors (Lipinski definition) is 5. The smallest absolute Gasteiger partial charge is 0.254 e. The molecule has 0 atom stereocenters. The zero-order valence-electron chi connectivity index (χ0n) is 19.4. The molecule has 0 aliphatic carbocycles. The standard InChI is InChI=1S/C27H25FN4O3/c1-30-8-2-3-24(30)23-15-21(20-14-19(28)5-6-22(20)29-23)27(33)32-11-9-31(10-12-32)16-18-4-7-25-26(13-18)35-17-34-25/h2-8,13-15H,9-12,16-17H2,1H3. The minimum absolute atomic E-state index is 0.0961. The highest BCUT2D eigenvalue weighted by Crippen LogP contribution is 2.33. The summed E-state index contributed by atoms with van der Waals surface area (Å²) >= 11 is 0. The van der Waals surface area contributed by atoms with E-state index in [1.54, 1.807) is 12.1 Å². The lowest BCUT2D eigenvalue weighted by Gasteiger charge is -2.35. The van der Waals surface area contributed by atoms with Crippen molar-refractivity contribution >= 4 is 16.8 Å². The fraction of sp³-hybridized carbons (Fsp3) is 0.259. The first-order valence-corrected chi connectivity index (χ1v) is 11.7. The lowest BCUT2D eigenvalue weighted by molar-refractivity contribution is 0.0630. The molecule has 8 heteroatoms. The Labute approximate surface area is 202 Å². The van der Waals surface area contributed by atoms with E-state index in [-0.39, 0.29) is 18.5 Å². The van der Waals surface area contributed by atoms with Crippen LogP contribution in [0, 0.1) is 5.82 Å². The van der Waals surface area contributed by atoms with E-state index in [1.807, 2.05) is 53.0 Å². The number of amides is 1. The van der Waals surface area contributed by atoms with Crippen LogP contribution in [0.4, 0.5) is 4.39 Å². The minimum atomic E-state index is -0.381. The maximum atomic E-state index is 14.1. The van der Waals surface area contributed by atoms with Gasteiger partial charge in [-0.3, -0.25) is 9.69 Å². The molecule has 1 saturated heterocycles. The molecule has 1 amide bonds. The Bertz CT molecular complexity index is 1430. The van der Waals surface area contributed by atoms with Gasteiger partial charge in [0.15, 0.2) is 11.5 Å². The predicted molar refractivity (Wildman–Crippen MR) is 130 cm³/mol. The number of aryl methyl sites for hydroxylation is 1. The van der Waals surface area contributed by atoms with Gasteiger partial charge in [-0.25, -0.2) is 9.37 Å². The maximum Gasteiger partial charge on any atom is 0.254 e. The van der Waals surface area contributed by atoms with Gasteiger partial charge in [0.2, 0.25) is 6.79 Å². The van der Waals surface area contributed by atoms with Gasteiger partial charge in [-0.05, 0) is 54.1 Å². The third-order valence-electron chi connectivity index (χ3n) is 6.71. The molecule has 0 bridgehead atoms. The topological polar surface area (TPSA) is 59.8 Å². The predicted octanol–water partition coefficient (Wildman–Crippen LogP) is 4.07. The second-order valence-electron chi connectivity index (χ2n) is 8.98. The summed E-state index contributed by atoms with van der Waals surface area (Å²) in [6.45, 7) is 3.74. The van der Waals surface area contributed by atoms with Crippen LogP contribution in [-0.4, -0.2) is 58.2 Å². The van der Waals surface area contributed by atoms with Crippen molar-refractivity contribution in [3.8, 4) is 22.9 Å². The van der Waals surface area contributed by atoms with Crippen molar-refractivity contribution in [1.82, 2.24) is 19.4 Å². The number of pyridine rings is 1. The third kappa shape index (κ3) is 4.10.